The number of anilines is 1. The van der Waals surface area contributed by atoms with Crippen LogP contribution in [-0.2, 0) is 0 Å². The molecule has 0 saturated carbocycles. The number of halogens is 1. The number of nitrogens with one attached hydrogen (secondary N) is 1. The summed E-state index contributed by atoms with van der Waals surface area (Å²) in [5, 5.41) is 3.29. The van der Waals surface area contributed by atoms with Crippen LogP contribution in [0.4, 0.5) is 5.95 Å². The maximum absolute atomic E-state index is 5.82. The molecule has 0 aliphatic heterocycles. The van der Waals surface area contributed by atoms with Gasteiger partial charge in [-0.25, -0.2) is 0 Å². The van der Waals surface area contributed by atoms with E-state index in [-0.39, 0.29) is 5.54 Å². The van der Waals surface area contributed by atoms with Crippen molar-refractivity contribution in [2.75, 3.05) is 25.4 Å². The second kappa shape index (κ2) is 6.64. The first-order chi connectivity index (χ1) is 8.56. The zero-order chi connectivity index (χ0) is 13.6. The number of alkyl halides is 1. The van der Waals surface area contributed by atoms with Crippen LogP contribution in [0, 0.1) is 0 Å². The first kappa shape index (κ1) is 14.8. The van der Waals surface area contributed by atoms with Gasteiger partial charge in [0.1, 0.15) is 0 Å². The molecule has 102 valence electrons. The summed E-state index contributed by atoms with van der Waals surface area (Å²) in [6.07, 6.45) is 1.75. The van der Waals surface area contributed by atoms with Crippen LogP contribution >= 0.6 is 11.6 Å². The van der Waals surface area contributed by atoms with Crippen molar-refractivity contribution in [1.82, 2.24) is 9.97 Å². The lowest BCUT2D eigenvalue weighted by Crippen LogP contribution is -2.35. The molecule has 6 heteroatoms. The van der Waals surface area contributed by atoms with Crippen LogP contribution in [-0.4, -0.2) is 35.6 Å². The summed E-state index contributed by atoms with van der Waals surface area (Å²) in [7, 11) is 3.12. The van der Waals surface area contributed by atoms with E-state index in [9.17, 15) is 0 Å². The minimum absolute atomic E-state index is 0.140. The van der Waals surface area contributed by atoms with E-state index in [1.807, 2.05) is 0 Å². The highest BCUT2D eigenvalue weighted by Crippen LogP contribution is 2.23. The highest BCUT2D eigenvalue weighted by atomic mass is 35.5. The number of methoxy groups -OCH3 is 2. The fourth-order valence-corrected chi connectivity index (χ4v) is 1.89. The van der Waals surface area contributed by atoms with Gasteiger partial charge in [0.25, 0.3) is 0 Å². The third-order valence-electron chi connectivity index (χ3n) is 2.94. The Bertz CT molecular complexity index is 367. The van der Waals surface area contributed by atoms with Crippen molar-refractivity contribution in [2.45, 2.75) is 32.2 Å². The fraction of sp³-hybridized carbons (Fsp3) is 0.667. The quantitative estimate of drug-likeness (QED) is 0.774. The van der Waals surface area contributed by atoms with Gasteiger partial charge in [-0.1, -0.05) is 6.92 Å². The SMILES string of the molecule is CCC(C)(CCCl)Nc1nc(OC)cc(OC)n1. The first-order valence-corrected chi connectivity index (χ1v) is 6.41. The van der Waals surface area contributed by atoms with Crippen LogP contribution in [0.5, 0.6) is 11.8 Å². The number of hydrogen-bond acceptors (Lipinski definition) is 5. The first-order valence-electron chi connectivity index (χ1n) is 5.88. The highest BCUT2D eigenvalue weighted by Gasteiger charge is 2.22. The molecule has 0 spiro atoms. The molecule has 0 fully saturated rings. The molecule has 0 radical (unpaired) electrons. The number of ether oxygens (including phenoxy) is 2. The summed E-state index contributed by atoms with van der Waals surface area (Å²) in [6.45, 7) is 4.18. The Labute approximate surface area is 113 Å². The van der Waals surface area contributed by atoms with Crippen molar-refractivity contribution in [2.24, 2.45) is 0 Å². The molecule has 0 saturated heterocycles. The zero-order valence-electron chi connectivity index (χ0n) is 11.3. The number of aromatic nitrogens is 2. The maximum atomic E-state index is 5.82. The van der Waals surface area contributed by atoms with E-state index in [1.54, 1.807) is 20.3 Å². The van der Waals surface area contributed by atoms with E-state index in [2.05, 4.69) is 29.1 Å². The molecule has 1 heterocycles. The average molecular weight is 274 g/mol. The van der Waals surface area contributed by atoms with Crippen LogP contribution in [0.3, 0.4) is 0 Å². The predicted octanol–water partition coefficient (Wildman–Crippen LogP) is 2.70. The van der Waals surface area contributed by atoms with E-state index in [4.69, 9.17) is 21.1 Å². The molecule has 0 amide bonds. The van der Waals surface area contributed by atoms with E-state index >= 15 is 0 Å². The van der Waals surface area contributed by atoms with Crippen molar-refractivity contribution < 1.29 is 9.47 Å². The lowest BCUT2D eigenvalue weighted by Gasteiger charge is -2.29. The summed E-state index contributed by atoms with van der Waals surface area (Å²) in [6, 6.07) is 1.63. The van der Waals surface area contributed by atoms with E-state index < -0.39 is 0 Å². The summed E-state index contributed by atoms with van der Waals surface area (Å²) in [5.74, 6) is 2.00. The molecule has 1 aromatic heterocycles. The zero-order valence-corrected chi connectivity index (χ0v) is 12.0. The average Bonchev–Trinajstić information content (AvgIpc) is 2.38. The third-order valence-corrected chi connectivity index (χ3v) is 3.13. The molecular formula is C12H20ClN3O2. The standard InChI is InChI=1S/C12H20ClN3O2/c1-5-12(2,6-7-13)16-11-14-9(17-3)8-10(15-11)18-4/h8H,5-7H2,1-4H3,(H,14,15,16). The molecule has 0 bridgehead atoms. The summed E-state index contributed by atoms with van der Waals surface area (Å²) in [5.41, 5.74) is -0.140. The monoisotopic (exact) mass is 273 g/mol. The molecule has 0 aliphatic rings. The molecule has 0 aromatic carbocycles. The second-order valence-electron chi connectivity index (χ2n) is 4.25. The lowest BCUT2D eigenvalue weighted by atomic mass is 9.96. The molecule has 1 N–H and O–H groups in total. The molecule has 1 aromatic rings. The van der Waals surface area contributed by atoms with Crippen molar-refractivity contribution in [3.05, 3.63) is 6.07 Å². The molecule has 1 rings (SSSR count). The van der Waals surface area contributed by atoms with Crippen molar-refractivity contribution in [3.63, 3.8) is 0 Å². The van der Waals surface area contributed by atoms with Gasteiger partial charge in [-0.15, -0.1) is 11.6 Å². The van der Waals surface area contributed by atoms with Gasteiger partial charge in [0.2, 0.25) is 17.7 Å². The van der Waals surface area contributed by atoms with Gasteiger partial charge in [0.15, 0.2) is 0 Å². The maximum Gasteiger partial charge on any atom is 0.229 e. The summed E-state index contributed by atoms with van der Waals surface area (Å²) >= 11 is 5.82. The van der Waals surface area contributed by atoms with Crippen LogP contribution in [0.1, 0.15) is 26.7 Å². The Kier molecular flexibility index (Phi) is 5.47. The van der Waals surface area contributed by atoms with Gasteiger partial charge in [0.05, 0.1) is 20.3 Å². The predicted molar refractivity (Wildman–Crippen MR) is 72.8 cm³/mol. The summed E-state index contributed by atoms with van der Waals surface area (Å²) < 4.78 is 10.2. The van der Waals surface area contributed by atoms with E-state index in [0.29, 0.717) is 23.6 Å². The van der Waals surface area contributed by atoms with Gasteiger partial charge in [0, 0.05) is 11.4 Å². The van der Waals surface area contributed by atoms with Crippen molar-refractivity contribution in [3.8, 4) is 11.8 Å². The Balaban J connectivity index is 2.94. The molecule has 0 aliphatic carbocycles. The number of hydrogen-bond donors (Lipinski definition) is 1. The molecule has 5 nitrogen and oxygen atoms in total. The molecule has 1 atom stereocenters. The van der Waals surface area contributed by atoms with Crippen LogP contribution < -0.4 is 14.8 Å². The topological polar surface area (TPSA) is 56.3 Å². The molecule has 1 unspecified atom stereocenters. The van der Waals surface area contributed by atoms with Crippen LogP contribution in [0.2, 0.25) is 0 Å². The Morgan fingerprint density at radius 1 is 1.28 bits per heavy atom. The smallest absolute Gasteiger partial charge is 0.229 e. The minimum atomic E-state index is -0.140. The minimum Gasteiger partial charge on any atom is -0.481 e. The Morgan fingerprint density at radius 3 is 2.22 bits per heavy atom. The largest absolute Gasteiger partial charge is 0.481 e. The van der Waals surface area contributed by atoms with Crippen LogP contribution in [0.15, 0.2) is 6.07 Å². The van der Waals surface area contributed by atoms with E-state index in [0.717, 1.165) is 12.8 Å². The van der Waals surface area contributed by atoms with Crippen molar-refractivity contribution >= 4 is 17.5 Å². The number of nitrogens with zero attached hydrogens (tertiary/aromatic N) is 2. The van der Waals surface area contributed by atoms with E-state index in [1.165, 1.54) is 0 Å². The van der Waals surface area contributed by atoms with Crippen LogP contribution in [0.25, 0.3) is 0 Å². The van der Waals surface area contributed by atoms with Gasteiger partial charge in [-0.3, -0.25) is 0 Å². The summed E-state index contributed by atoms with van der Waals surface area (Å²) in [4.78, 5) is 8.50. The van der Waals surface area contributed by atoms with Gasteiger partial charge >= 0.3 is 0 Å². The Hall–Kier alpha value is -1.23. The normalized spacial score (nSPS) is 13.8. The van der Waals surface area contributed by atoms with Gasteiger partial charge in [-0.2, -0.15) is 9.97 Å². The van der Waals surface area contributed by atoms with Gasteiger partial charge < -0.3 is 14.8 Å². The second-order valence-corrected chi connectivity index (χ2v) is 4.63. The van der Waals surface area contributed by atoms with Crippen molar-refractivity contribution in [1.29, 1.82) is 0 Å². The Morgan fingerprint density at radius 2 is 1.83 bits per heavy atom. The van der Waals surface area contributed by atoms with Gasteiger partial charge in [-0.05, 0) is 19.8 Å². The molecule has 18 heavy (non-hydrogen) atoms. The highest BCUT2D eigenvalue weighted by molar-refractivity contribution is 6.17. The molecular weight excluding hydrogens is 254 g/mol. The third kappa shape index (κ3) is 3.91. The number of rotatable bonds is 7. The lowest BCUT2D eigenvalue weighted by molar-refractivity contribution is 0.371. The fourth-order valence-electron chi connectivity index (χ4n) is 1.48.